The highest BCUT2D eigenvalue weighted by molar-refractivity contribution is 6.33. The lowest BCUT2D eigenvalue weighted by atomic mass is 10.1. The van der Waals surface area contributed by atoms with Crippen LogP contribution in [0.2, 0.25) is 5.02 Å². The molecule has 4 rings (SSSR count). The molecule has 6 nitrogen and oxygen atoms in total. The first-order valence-corrected chi connectivity index (χ1v) is 9.55. The monoisotopic (exact) mass is 397 g/mol. The maximum atomic E-state index is 13.0. The molecule has 144 valence electrons. The Hall–Kier alpha value is -2.86. The van der Waals surface area contributed by atoms with Crippen LogP contribution in [0.3, 0.4) is 0 Å². The van der Waals surface area contributed by atoms with Crippen LogP contribution in [0, 0.1) is 0 Å². The highest BCUT2D eigenvalue weighted by Crippen LogP contribution is 2.34. The minimum absolute atomic E-state index is 0.0180. The molecule has 0 aliphatic carbocycles. The van der Waals surface area contributed by atoms with Gasteiger partial charge in [0.15, 0.2) is 0 Å². The maximum absolute atomic E-state index is 13.0. The van der Waals surface area contributed by atoms with Gasteiger partial charge in [0.1, 0.15) is 11.8 Å². The number of benzene rings is 2. The van der Waals surface area contributed by atoms with Crippen molar-refractivity contribution in [2.45, 2.75) is 25.3 Å². The average molecular weight is 398 g/mol. The molecule has 0 radical (unpaired) electrons. The largest absolute Gasteiger partial charge is 0.496 e. The Kier molecular flexibility index (Phi) is 5.30. The smallest absolute Gasteiger partial charge is 0.249 e. The van der Waals surface area contributed by atoms with Crippen molar-refractivity contribution in [3.05, 3.63) is 65.0 Å². The molecule has 1 aromatic heterocycles. The van der Waals surface area contributed by atoms with Crippen LogP contribution >= 0.6 is 11.6 Å². The number of halogens is 1. The zero-order valence-electron chi connectivity index (χ0n) is 15.5. The lowest BCUT2D eigenvalue weighted by Gasteiger charge is -2.22. The van der Waals surface area contributed by atoms with Crippen molar-refractivity contribution in [1.29, 1.82) is 0 Å². The second-order valence-corrected chi connectivity index (χ2v) is 7.08. The van der Waals surface area contributed by atoms with Gasteiger partial charge in [-0.2, -0.15) is 4.98 Å². The molecule has 7 heteroatoms. The van der Waals surface area contributed by atoms with Gasteiger partial charge >= 0.3 is 0 Å². The van der Waals surface area contributed by atoms with Gasteiger partial charge in [0.25, 0.3) is 0 Å². The van der Waals surface area contributed by atoms with Crippen molar-refractivity contribution in [1.82, 2.24) is 15.0 Å². The van der Waals surface area contributed by atoms with Gasteiger partial charge < -0.3 is 14.2 Å². The normalized spacial score (nSPS) is 16.4. The highest BCUT2D eigenvalue weighted by atomic mass is 35.5. The second kappa shape index (κ2) is 8.02. The van der Waals surface area contributed by atoms with E-state index in [1.54, 1.807) is 13.2 Å². The topological polar surface area (TPSA) is 68.5 Å². The summed E-state index contributed by atoms with van der Waals surface area (Å²) in [5.74, 6) is 1.61. The molecule has 2 heterocycles. The van der Waals surface area contributed by atoms with Crippen molar-refractivity contribution >= 4 is 17.5 Å². The van der Waals surface area contributed by atoms with Gasteiger partial charge in [0.05, 0.1) is 18.6 Å². The van der Waals surface area contributed by atoms with Crippen LogP contribution in [0.1, 0.15) is 30.3 Å². The van der Waals surface area contributed by atoms with E-state index in [1.807, 2.05) is 47.4 Å². The number of hydrogen-bond donors (Lipinski definition) is 0. The van der Waals surface area contributed by atoms with E-state index in [0.29, 0.717) is 34.6 Å². The summed E-state index contributed by atoms with van der Waals surface area (Å²) in [5.41, 5.74) is 1.58. The zero-order valence-corrected chi connectivity index (χ0v) is 16.2. The van der Waals surface area contributed by atoms with E-state index in [2.05, 4.69) is 10.1 Å². The molecule has 0 spiro atoms. The van der Waals surface area contributed by atoms with E-state index in [1.165, 1.54) is 0 Å². The van der Waals surface area contributed by atoms with Crippen LogP contribution < -0.4 is 4.74 Å². The van der Waals surface area contributed by atoms with E-state index >= 15 is 0 Å². The third-order valence-corrected chi connectivity index (χ3v) is 5.28. The Labute approximate surface area is 168 Å². The number of rotatable bonds is 5. The fraction of sp³-hybridized carbons (Fsp3) is 0.286. The fourth-order valence-electron chi connectivity index (χ4n) is 3.56. The summed E-state index contributed by atoms with van der Waals surface area (Å²) in [6.07, 6.45) is 1.96. The molecule has 1 aliphatic rings. The van der Waals surface area contributed by atoms with Crippen molar-refractivity contribution in [2.75, 3.05) is 13.7 Å². The number of hydrogen-bond acceptors (Lipinski definition) is 5. The third kappa shape index (κ3) is 3.60. The second-order valence-electron chi connectivity index (χ2n) is 6.67. The molecule has 2 aromatic carbocycles. The van der Waals surface area contributed by atoms with Crippen LogP contribution in [-0.2, 0) is 11.2 Å². The van der Waals surface area contributed by atoms with Crippen LogP contribution in [0.15, 0.2) is 53.1 Å². The van der Waals surface area contributed by atoms with Gasteiger partial charge in [-0.05, 0) is 31.0 Å². The fourth-order valence-corrected chi connectivity index (χ4v) is 3.78. The predicted molar refractivity (Wildman–Crippen MR) is 105 cm³/mol. The molecule has 28 heavy (non-hydrogen) atoms. The zero-order chi connectivity index (χ0) is 19.5. The average Bonchev–Trinajstić information content (AvgIpc) is 3.38. The summed E-state index contributed by atoms with van der Waals surface area (Å²) in [7, 11) is 1.61. The Bertz CT molecular complexity index is 988. The Balaban J connectivity index is 1.54. The Morgan fingerprint density at radius 3 is 2.86 bits per heavy atom. The maximum Gasteiger partial charge on any atom is 0.249 e. The van der Waals surface area contributed by atoms with Gasteiger partial charge in [0.2, 0.25) is 17.6 Å². The van der Waals surface area contributed by atoms with Gasteiger partial charge in [-0.25, -0.2) is 0 Å². The Morgan fingerprint density at radius 2 is 2.04 bits per heavy atom. The summed E-state index contributed by atoms with van der Waals surface area (Å²) in [5, 5.41) is 4.63. The number of para-hydroxylation sites is 1. The van der Waals surface area contributed by atoms with Gasteiger partial charge in [-0.15, -0.1) is 0 Å². The van der Waals surface area contributed by atoms with E-state index in [9.17, 15) is 4.79 Å². The lowest BCUT2D eigenvalue weighted by molar-refractivity contribution is -0.131. The first-order chi connectivity index (χ1) is 13.7. The number of likely N-dealkylation sites (tertiary alicyclic amines) is 1. The van der Waals surface area contributed by atoms with Crippen molar-refractivity contribution in [3.63, 3.8) is 0 Å². The number of ether oxygens (including phenoxy) is 1. The van der Waals surface area contributed by atoms with E-state index in [4.69, 9.17) is 20.9 Å². The molecular formula is C21H20ClN3O3. The number of methoxy groups -OCH3 is 1. The summed E-state index contributed by atoms with van der Waals surface area (Å²) in [6.45, 7) is 0.669. The number of nitrogens with zero attached hydrogens (tertiary/aromatic N) is 3. The summed E-state index contributed by atoms with van der Waals surface area (Å²) in [4.78, 5) is 19.3. The van der Waals surface area contributed by atoms with E-state index < -0.39 is 0 Å². The van der Waals surface area contributed by atoms with Crippen LogP contribution in [0.5, 0.6) is 5.75 Å². The molecule has 1 fully saturated rings. The van der Waals surface area contributed by atoms with Crippen molar-refractivity contribution in [2.24, 2.45) is 0 Å². The first kappa shape index (κ1) is 18.5. The number of carbonyl (C=O) groups is 1. The van der Waals surface area contributed by atoms with Gasteiger partial charge in [-0.1, -0.05) is 47.1 Å². The molecule has 0 N–H and O–H groups in total. The molecule has 1 saturated heterocycles. The van der Waals surface area contributed by atoms with Crippen LogP contribution in [0.4, 0.5) is 0 Å². The van der Waals surface area contributed by atoms with Gasteiger partial charge in [0, 0.05) is 17.7 Å². The van der Waals surface area contributed by atoms with E-state index in [0.717, 1.165) is 18.4 Å². The molecule has 1 amide bonds. The minimum Gasteiger partial charge on any atom is -0.496 e. The lowest BCUT2D eigenvalue weighted by Crippen LogP contribution is -2.32. The predicted octanol–water partition coefficient (Wildman–Crippen LogP) is 4.30. The third-order valence-electron chi connectivity index (χ3n) is 4.95. The molecule has 3 aromatic rings. The standard InChI is InChI=1S/C21H20ClN3O3/c1-27-18-11-5-2-7-14(18)13-19(26)25-12-6-10-17(25)21-23-20(24-28-21)15-8-3-4-9-16(15)22/h2-5,7-9,11,17H,6,10,12-13H2,1H3. The van der Waals surface area contributed by atoms with Gasteiger partial charge in [-0.3, -0.25) is 4.79 Å². The van der Waals surface area contributed by atoms with Crippen molar-refractivity contribution in [3.8, 4) is 17.1 Å². The minimum atomic E-state index is -0.217. The summed E-state index contributed by atoms with van der Waals surface area (Å²) >= 11 is 6.23. The van der Waals surface area contributed by atoms with Crippen LogP contribution in [0.25, 0.3) is 11.4 Å². The molecule has 1 aliphatic heterocycles. The first-order valence-electron chi connectivity index (χ1n) is 9.17. The molecular weight excluding hydrogens is 378 g/mol. The SMILES string of the molecule is COc1ccccc1CC(=O)N1CCCC1c1nc(-c2ccccc2Cl)no1. The number of aromatic nitrogens is 2. The molecule has 1 unspecified atom stereocenters. The van der Waals surface area contributed by atoms with E-state index in [-0.39, 0.29) is 18.4 Å². The molecule has 0 bridgehead atoms. The highest BCUT2D eigenvalue weighted by Gasteiger charge is 2.34. The van der Waals surface area contributed by atoms with Crippen LogP contribution in [-0.4, -0.2) is 34.6 Å². The quantitative estimate of drug-likeness (QED) is 0.641. The summed E-state index contributed by atoms with van der Waals surface area (Å²) in [6, 6.07) is 14.7. The number of carbonyl (C=O) groups excluding carboxylic acids is 1. The molecule has 1 atom stereocenters. The van der Waals surface area contributed by atoms with Crippen molar-refractivity contribution < 1.29 is 14.1 Å². The Morgan fingerprint density at radius 1 is 1.25 bits per heavy atom. The molecule has 0 saturated carbocycles. The number of amides is 1. The summed E-state index contributed by atoms with van der Waals surface area (Å²) < 4.78 is 10.9.